The highest BCUT2D eigenvalue weighted by atomic mass is 32.2. The summed E-state index contributed by atoms with van der Waals surface area (Å²) in [4.78, 5) is 15.5. The van der Waals surface area contributed by atoms with Gasteiger partial charge in [-0.2, -0.15) is 0 Å². The molecular formula is C17H23FN2O2S. The van der Waals surface area contributed by atoms with Gasteiger partial charge in [-0.1, -0.05) is 38.3 Å². The van der Waals surface area contributed by atoms with Crippen LogP contribution in [0.2, 0.25) is 0 Å². The van der Waals surface area contributed by atoms with E-state index in [1.54, 1.807) is 17.6 Å². The van der Waals surface area contributed by atoms with Gasteiger partial charge in [-0.05, 0) is 38.5 Å². The van der Waals surface area contributed by atoms with Gasteiger partial charge in [0.2, 0.25) is 0 Å². The second kappa shape index (κ2) is 7.64. The van der Waals surface area contributed by atoms with E-state index in [0.717, 1.165) is 6.08 Å². The molecule has 4 nitrogen and oxygen atoms in total. The number of allylic oxidation sites excluding steroid dienone is 5. The number of aromatic nitrogens is 2. The molecule has 23 heavy (non-hydrogen) atoms. The molecule has 2 heterocycles. The summed E-state index contributed by atoms with van der Waals surface area (Å²) >= 11 is 1.49. The molecule has 2 rings (SSSR count). The Labute approximate surface area is 140 Å². The first-order valence-corrected chi connectivity index (χ1v) is 8.29. The van der Waals surface area contributed by atoms with Gasteiger partial charge in [-0.25, -0.2) is 14.2 Å². The Morgan fingerprint density at radius 3 is 2.61 bits per heavy atom. The fourth-order valence-corrected chi connectivity index (χ4v) is 3.75. The number of hydrogen-bond acceptors (Lipinski definition) is 3. The highest BCUT2D eigenvalue weighted by molar-refractivity contribution is 8.00. The molecule has 1 aromatic heterocycles. The van der Waals surface area contributed by atoms with Gasteiger partial charge in [0.1, 0.15) is 11.5 Å². The number of rotatable bonds is 4. The molecule has 126 valence electrons. The molecule has 1 unspecified atom stereocenters. The van der Waals surface area contributed by atoms with Gasteiger partial charge in [-0.3, -0.25) is 0 Å². The van der Waals surface area contributed by atoms with Crippen LogP contribution in [0.5, 0.6) is 0 Å². The smallest absolute Gasteiger partial charge is 0.354 e. The molecule has 1 aliphatic heterocycles. The Balaban J connectivity index is 0.00000127. The molecule has 0 radical (unpaired) electrons. The number of carbonyl (C=O) groups is 1. The lowest BCUT2D eigenvalue weighted by Crippen LogP contribution is -2.28. The number of hydrogen-bond donors (Lipinski definition) is 1. The lowest BCUT2D eigenvalue weighted by molar-refractivity contribution is 0.0682. The Morgan fingerprint density at radius 2 is 2.13 bits per heavy atom. The van der Waals surface area contributed by atoms with Crippen molar-refractivity contribution in [3.05, 3.63) is 48.1 Å². The number of fused-ring (bicyclic) bond motifs is 1. The van der Waals surface area contributed by atoms with Crippen LogP contribution in [-0.4, -0.2) is 25.4 Å². The normalized spacial score (nSPS) is 19.7. The van der Waals surface area contributed by atoms with Gasteiger partial charge < -0.3 is 9.67 Å². The summed E-state index contributed by atoms with van der Waals surface area (Å²) in [7, 11) is 0. The first kappa shape index (κ1) is 19.2. The zero-order chi connectivity index (χ0) is 17.8. The zero-order valence-corrected chi connectivity index (χ0v) is 14.9. The molecule has 1 aromatic rings. The van der Waals surface area contributed by atoms with Gasteiger partial charge in [0, 0.05) is 4.75 Å². The topological polar surface area (TPSA) is 55.1 Å². The molecule has 1 atom stereocenters. The summed E-state index contributed by atoms with van der Waals surface area (Å²) < 4.78 is 14.9. The van der Waals surface area contributed by atoms with E-state index in [9.17, 15) is 14.3 Å². The van der Waals surface area contributed by atoms with Gasteiger partial charge in [-0.15, -0.1) is 0 Å². The number of imidazole rings is 1. The lowest BCUT2D eigenvalue weighted by Gasteiger charge is -2.28. The third kappa shape index (κ3) is 3.75. The molecule has 0 fully saturated rings. The van der Waals surface area contributed by atoms with Crippen LogP contribution in [-0.2, 0) is 0 Å². The maximum Gasteiger partial charge on any atom is 0.354 e. The van der Waals surface area contributed by atoms with E-state index in [1.165, 1.54) is 24.0 Å². The third-order valence-corrected chi connectivity index (χ3v) is 4.64. The summed E-state index contributed by atoms with van der Waals surface area (Å²) in [6.45, 7) is 13.2. The largest absolute Gasteiger partial charge is 0.477 e. The predicted octanol–water partition coefficient (Wildman–Crippen LogP) is 5.02. The SMILES string of the molecule is C=C/C(F)=C\C(=C/C)C1n2c(C(=O)O)cnc2SC1(C)C.CC. The molecule has 0 aliphatic carbocycles. The number of halogens is 1. The minimum absolute atomic E-state index is 0.111. The Kier molecular flexibility index (Phi) is 6.38. The van der Waals surface area contributed by atoms with Crippen molar-refractivity contribution >= 4 is 17.7 Å². The van der Waals surface area contributed by atoms with Crippen molar-refractivity contribution in [2.24, 2.45) is 0 Å². The Hall–Kier alpha value is -1.82. The highest BCUT2D eigenvalue weighted by Gasteiger charge is 2.44. The van der Waals surface area contributed by atoms with E-state index in [1.807, 2.05) is 27.7 Å². The van der Waals surface area contributed by atoms with E-state index in [0.29, 0.717) is 10.7 Å². The molecule has 0 aromatic carbocycles. The van der Waals surface area contributed by atoms with Crippen LogP contribution in [0.15, 0.2) is 47.6 Å². The average molecular weight is 338 g/mol. The minimum atomic E-state index is -1.04. The van der Waals surface area contributed by atoms with Crippen LogP contribution in [0.25, 0.3) is 0 Å². The van der Waals surface area contributed by atoms with Gasteiger partial charge in [0.05, 0.1) is 12.2 Å². The van der Waals surface area contributed by atoms with E-state index in [2.05, 4.69) is 11.6 Å². The molecular weight excluding hydrogens is 315 g/mol. The van der Waals surface area contributed by atoms with Gasteiger partial charge in [0.25, 0.3) is 0 Å². The van der Waals surface area contributed by atoms with E-state index >= 15 is 0 Å². The molecule has 1 aliphatic rings. The van der Waals surface area contributed by atoms with Crippen LogP contribution in [0, 0.1) is 0 Å². The summed E-state index contributed by atoms with van der Waals surface area (Å²) in [5.74, 6) is -1.49. The molecule has 1 N–H and O–H groups in total. The van der Waals surface area contributed by atoms with Gasteiger partial charge >= 0.3 is 5.97 Å². The average Bonchev–Trinajstić information content (AvgIpc) is 3.01. The number of nitrogens with zero attached hydrogens (tertiary/aromatic N) is 2. The quantitative estimate of drug-likeness (QED) is 0.783. The third-order valence-electron chi connectivity index (χ3n) is 3.40. The highest BCUT2D eigenvalue weighted by Crippen LogP contribution is 2.52. The predicted molar refractivity (Wildman–Crippen MR) is 92.7 cm³/mol. The fraction of sp³-hybridized carbons (Fsp3) is 0.412. The molecule has 0 spiro atoms. The summed E-state index contributed by atoms with van der Waals surface area (Å²) in [5.41, 5.74) is 0.809. The monoisotopic (exact) mass is 338 g/mol. The maximum absolute atomic E-state index is 13.6. The number of carboxylic acids is 1. The van der Waals surface area contributed by atoms with Crippen molar-refractivity contribution in [2.45, 2.75) is 50.6 Å². The second-order valence-electron chi connectivity index (χ2n) is 5.23. The lowest BCUT2D eigenvalue weighted by atomic mass is 9.93. The fourth-order valence-electron chi connectivity index (χ4n) is 2.52. The van der Waals surface area contributed by atoms with E-state index in [4.69, 9.17) is 0 Å². The number of carboxylic acid groups (broad SMARTS) is 1. The summed E-state index contributed by atoms with van der Waals surface area (Å²) in [6.07, 6.45) is 5.65. The Bertz CT molecular complexity index is 660. The maximum atomic E-state index is 13.6. The van der Waals surface area contributed by atoms with Crippen molar-refractivity contribution < 1.29 is 14.3 Å². The first-order chi connectivity index (χ1) is 10.8. The van der Waals surface area contributed by atoms with Crippen LogP contribution >= 0.6 is 11.8 Å². The number of thioether (sulfide) groups is 1. The Morgan fingerprint density at radius 1 is 1.52 bits per heavy atom. The summed E-state index contributed by atoms with van der Waals surface area (Å²) in [5, 5.41) is 9.95. The van der Waals surface area contributed by atoms with Crippen molar-refractivity contribution in [1.82, 2.24) is 9.55 Å². The second-order valence-corrected chi connectivity index (χ2v) is 6.85. The minimum Gasteiger partial charge on any atom is -0.477 e. The zero-order valence-electron chi connectivity index (χ0n) is 14.1. The van der Waals surface area contributed by atoms with E-state index < -0.39 is 11.8 Å². The molecule has 0 saturated heterocycles. The van der Waals surface area contributed by atoms with Crippen molar-refractivity contribution in [2.75, 3.05) is 0 Å². The van der Waals surface area contributed by atoms with E-state index in [-0.39, 0.29) is 16.5 Å². The standard InChI is InChI=1S/C15H17FN2O2S.C2H6/c1-5-9(7-10(16)6-2)12-15(3,4)21-14-17-8-11(13(19)20)18(12)14;1-2/h5-8,12H,2H2,1,3-4H3,(H,19,20);1-2H3/b9-5+,10-7+;. The van der Waals surface area contributed by atoms with Gasteiger partial charge in [0.15, 0.2) is 5.16 Å². The van der Waals surface area contributed by atoms with Crippen LogP contribution < -0.4 is 0 Å². The van der Waals surface area contributed by atoms with Crippen LogP contribution in [0.1, 0.15) is 51.1 Å². The first-order valence-electron chi connectivity index (χ1n) is 7.47. The van der Waals surface area contributed by atoms with Crippen molar-refractivity contribution in [3.63, 3.8) is 0 Å². The molecule has 0 saturated carbocycles. The van der Waals surface area contributed by atoms with Crippen molar-refractivity contribution in [3.8, 4) is 0 Å². The molecule has 0 bridgehead atoms. The summed E-state index contributed by atoms with van der Waals surface area (Å²) in [6, 6.07) is -0.304. The molecule has 6 heteroatoms. The van der Waals surface area contributed by atoms with Crippen LogP contribution in [0.3, 0.4) is 0 Å². The number of aromatic carboxylic acids is 1. The van der Waals surface area contributed by atoms with Crippen molar-refractivity contribution in [1.29, 1.82) is 0 Å². The molecule has 0 amide bonds. The van der Waals surface area contributed by atoms with Crippen LogP contribution in [0.4, 0.5) is 4.39 Å².